The van der Waals surface area contributed by atoms with Gasteiger partial charge in [-0.05, 0) is 26.4 Å². The molecule has 0 spiro atoms. The topological polar surface area (TPSA) is 50.8 Å². The van der Waals surface area contributed by atoms with Crippen LogP contribution < -0.4 is 0 Å². The molecular weight excluding hydrogens is 162 g/mol. The first-order valence-electron chi connectivity index (χ1n) is 4.73. The molecule has 0 radical (unpaired) electrons. The Labute approximate surface area is 80.6 Å². The number of hydrogen-bond acceptors (Lipinski definition) is 3. The van der Waals surface area contributed by atoms with Gasteiger partial charge in [0.2, 0.25) is 0 Å². The van der Waals surface area contributed by atoms with Crippen LogP contribution >= 0.6 is 0 Å². The lowest BCUT2D eigenvalue weighted by atomic mass is 10.2. The van der Waals surface area contributed by atoms with Gasteiger partial charge in [-0.15, -0.1) is 0 Å². The Morgan fingerprint density at radius 2 is 2.08 bits per heavy atom. The molecule has 0 N–H and O–H groups in total. The average Bonchev–Trinajstić information content (AvgIpc) is 2.16. The smallest absolute Gasteiger partial charge is 0.0666 e. The highest BCUT2D eigenvalue weighted by atomic mass is 15.1. The van der Waals surface area contributed by atoms with E-state index in [1.807, 2.05) is 6.92 Å². The molecule has 72 valence electrons. The molecule has 0 saturated carbocycles. The lowest BCUT2D eigenvalue weighted by molar-refractivity contribution is 0.266. The molecule has 0 heterocycles. The van der Waals surface area contributed by atoms with E-state index in [1.165, 1.54) is 0 Å². The quantitative estimate of drug-likeness (QED) is 0.584. The molecule has 0 aliphatic heterocycles. The monoisotopic (exact) mass is 179 g/mol. The van der Waals surface area contributed by atoms with Crippen LogP contribution in [-0.4, -0.2) is 24.5 Å². The molecule has 0 amide bonds. The molecule has 0 aromatic carbocycles. The predicted molar refractivity (Wildman–Crippen MR) is 51.7 cm³/mol. The zero-order valence-electron chi connectivity index (χ0n) is 8.45. The van der Waals surface area contributed by atoms with Crippen molar-refractivity contribution in [3.63, 3.8) is 0 Å². The number of nitrogens with zero attached hydrogens (tertiary/aromatic N) is 3. The number of unbranched alkanes of at least 4 members (excludes halogenated alkanes) is 1. The van der Waals surface area contributed by atoms with Crippen LogP contribution in [0.2, 0.25) is 0 Å². The summed E-state index contributed by atoms with van der Waals surface area (Å²) in [6, 6.07) is 4.34. The van der Waals surface area contributed by atoms with Crippen LogP contribution in [0.15, 0.2) is 0 Å². The van der Waals surface area contributed by atoms with E-state index in [-0.39, 0.29) is 5.92 Å². The first-order chi connectivity index (χ1) is 6.24. The number of rotatable bonds is 6. The van der Waals surface area contributed by atoms with Gasteiger partial charge in [0.25, 0.3) is 0 Å². The number of nitriles is 2. The highest BCUT2D eigenvalue weighted by Crippen LogP contribution is 2.00. The third kappa shape index (κ3) is 6.13. The van der Waals surface area contributed by atoms with E-state index in [4.69, 9.17) is 10.5 Å². The maximum Gasteiger partial charge on any atom is 0.0666 e. The van der Waals surface area contributed by atoms with E-state index in [0.717, 1.165) is 26.1 Å². The summed E-state index contributed by atoms with van der Waals surface area (Å²) in [6.07, 6.45) is 1.51. The van der Waals surface area contributed by atoms with Crippen molar-refractivity contribution >= 4 is 0 Å². The third-order valence-electron chi connectivity index (χ3n) is 1.96. The van der Waals surface area contributed by atoms with Crippen LogP contribution in [0, 0.1) is 28.6 Å². The molecule has 0 aromatic rings. The molecule has 3 nitrogen and oxygen atoms in total. The van der Waals surface area contributed by atoms with Gasteiger partial charge in [-0.3, -0.25) is 0 Å². The van der Waals surface area contributed by atoms with Crippen molar-refractivity contribution in [1.82, 2.24) is 4.90 Å². The van der Waals surface area contributed by atoms with Crippen molar-refractivity contribution in [1.29, 1.82) is 10.5 Å². The second-order valence-corrected chi connectivity index (χ2v) is 3.19. The Kier molecular flexibility index (Phi) is 6.96. The van der Waals surface area contributed by atoms with Crippen molar-refractivity contribution in [3.05, 3.63) is 0 Å². The maximum atomic E-state index is 8.62. The second kappa shape index (κ2) is 7.58. The molecular formula is C10H17N3. The maximum absolute atomic E-state index is 8.62. The van der Waals surface area contributed by atoms with Crippen molar-refractivity contribution in [2.24, 2.45) is 5.92 Å². The van der Waals surface area contributed by atoms with Crippen LogP contribution in [-0.2, 0) is 0 Å². The molecule has 13 heavy (non-hydrogen) atoms. The van der Waals surface area contributed by atoms with E-state index < -0.39 is 0 Å². The van der Waals surface area contributed by atoms with Gasteiger partial charge in [0.1, 0.15) is 0 Å². The molecule has 0 rings (SSSR count). The largest absolute Gasteiger partial charge is 0.302 e. The molecule has 0 aliphatic rings. The van der Waals surface area contributed by atoms with E-state index in [2.05, 4.69) is 24.0 Å². The fourth-order valence-corrected chi connectivity index (χ4v) is 1.19. The van der Waals surface area contributed by atoms with E-state index >= 15 is 0 Å². The molecule has 0 bridgehead atoms. The molecule has 1 atom stereocenters. The van der Waals surface area contributed by atoms with Gasteiger partial charge < -0.3 is 4.90 Å². The highest BCUT2D eigenvalue weighted by Gasteiger charge is 2.06. The minimum Gasteiger partial charge on any atom is -0.302 e. The summed E-state index contributed by atoms with van der Waals surface area (Å²) in [5.74, 6) is 0.0852. The van der Waals surface area contributed by atoms with Gasteiger partial charge in [-0.1, -0.05) is 6.92 Å². The highest BCUT2D eigenvalue weighted by molar-refractivity contribution is 4.81. The summed E-state index contributed by atoms with van der Waals surface area (Å²) in [7, 11) is 0. The molecule has 0 aromatic heterocycles. The molecule has 0 fully saturated rings. The van der Waals surface area contributed by atoms with Gasteiger partial charge in [0, 0.05) is 13.0 Å². The summed E-state index contributed by atoms with van der Waals surface area (Å²) < 4.78 is 0. The van der Waals surface area contributed by atoms with Gasteiger partial charge >= 0.3 is 0 Å². The normalized spacial score (nSPS) is 12.1. The van der Waals surface area contributed by atoms with Crippen molar-refractivity contribution in [3.8, 4) is 12.1 Å². The SMILES string of the molecule is CCN(CCCC#N)CC(C)C#N. The Hall–Kier alpha value is -1.06. The molecule has 0 saturated heterocycles. The van der Waals surface area contributed by atoms with Crippen molar-refractivity contribution in [2.45, 2.75) is 26.7 Å². The van der Waals surface area contributed by atoms with Crippen LogP contribution in [0.4, 0.5) is 0 Å². The van der Waals surface area contributed by atoms with E-state index in [1.54, 1.807) is 0 Å². The molecule has 3 heteroatoms. The average molecular weight is 179 g/mol. The minimum atomic E-state index is 0.0852. The third-order valence-corrected chi connectivity index (χ3v) is 1.96. The van der Waals surface area contributed by atoms with E-state index in [0.29, 0.717) is 6.42 Å². The van der Waals surface area contributed by atoms with Gasteiger partial charge in [0.05, 0.1) is 18.1 Å². The first kappa shape index (κ1) is 11.9. The first-order valence-corrected chi connectivity index (χ1v) is 4.73. The zero-order chi connectivity index (χ0) is 10.1. The Balaban J connectivity index is 3.65. The molecule has 1 unspecified atom stereocenters. The fourth-order valence-electron chi connectivity index (χ4n) is 1.19. The van der Waals surface area contributed by atoms with Gasteiger partial charge in [-0.25, -0.2) is 0 Å². The summed E-state index contributed by atoms with van der Waals surface area (Å²) >= 11 is 0. The summed E-state index contributed by atoms with van der Waals surface area (Å²) in [6.45, 7) is 6.70. The standard InChI is InChI=1S/C10H17N3/c1-3-13(7-5-4-6-11)9-10(2)8-12/h10H,3-5,7,9H2,1-2H3. The zero-order valence-corrected chi connectivity index (χ0v) is 8.45. The van der Waals surface area contributed by atoms with Gasteiger partial charge in [0.15, 0.2) is 0 Å². The summed E-state index contributed by atoms with van der Waals surface area (Å²) in [4.78, 5) is 2.21. The number of hydrogen-bond donors (Lipinski definition) is 0. The Bertz CT molecular complexity index is 199. The molecule has 0 aliphatic carbocycles. The summed E-state index contributed by atoms with van der Waals surface area (Å²) in [5, 5.41) is 17.0. The predicted octanol–water partition coefficient (Wildman–Crippen LogP) is 1.77. The summed E-state index contributed by atoms with van der Waals surface area (Å²) in [5.41, 5.74) is 0. The van der Waals surface area contributed by atoms with Crippen LogP contribution in [0.3, 0.4) is 0 Å². The van der Waals surface area contributed by atoms with Gasteiger partial charge in [-0.2, -0.15) is 10.5 Å². The fraction of sp³-hybridized carbons (Fsp3) is 0.800. The van der Waals surface area contributed by atoms with Crippen LogP contribution in [0.5, 0.6) is 0 Å². The lowest BCUT2D eigenvalue weighted by Crippen LogP contribution is -2.28. The second-order valence-electron chi connectivity index (χ2n) is 3.19. The van der Waals surface area contributed by atoms with Crippen molar-refractivity contribution < 1.29 is 0 Å². The van der Waals surface area contributed by atoms with Crippen molar-refractivity contribution in [2.75, 3.05) is 19.6 Å². The van der Waals surface area contributed by atoms with Crippen LogP contribution in [0.25, 0.3) is 0 Å². The Morgan fingerprint density at radius 1 is 1.38 bits per heavy atom. The van der Waals surface area contributed by atoms with E-state index in [9.17, 15) is 0 Å². The van der Waals surface area contributed by atoms with Crippen LogP contribution in [0.1, 0.15) is 26.7 Å². The Morgan fingerprint density at radius 3 is 2.54 bits per heavy atom. The lowest BCUT2D eigenvalue weighted by Gasteiger charge is -2.20. The minimum absolute atomic E-state index is 0.0852.